The summed E-state index contributed by atoms with van der Waals surface area (Å²) in [6, 6.07) is 0. The molecule has 0 spiro atoms. The topological polar surface area (TPSA) is 105 Å². The van der Waals surface area contributed by atoms with Gasteiger partial charge < -0.3 is 29.5 Å². The lowest BCUT2D eigenvalue weighted by molar-refractivity contribution is -0.445. The minimum Gasteiger partial charge on any atom is -0.479 e. The lowest BCUT2D eigenvalue weighted by Crippen LogP contribution is -2.85. The van der Waals surface area contributed by atoms with Crippen LogP contribution in [0.4, 0.5) is 0 Å². The number of hydrogen-bond donors (Lipinski definition) is 3. The van der Waals surface area contributed by atoms with Crippen LogP contribution in [0.1, 0.15) is 34.6 Å². The molecule has 5 atom stereocenters. The summed E-state index contributed by atoms with van der Waals surface area (Å²) in [7, 11) is 2.52. The largest absolute Gasteiger partial charge is 0.479 e. The van der Waals surface area contributed by atoms with Gasteiger partial charge in [0.05, 0.1) is 0 Å². The van der Waals surface area contributed by atoms with Crippen LogP contribution >= 0.6 is 0 Å². The molecule has 0 aromatic rings. The molecule has 1 heterocycles. The Hall–Kier alpha value is -0.730. The highest BCUT2D eigenvalue weighted by atomic mass is 16.7. The van der Waals surface area contributed by atoms with E-state index < -0.39 is 34.2 Å². The van der Waals surface area contributed by atoms with Crippen molar-refractivity contribution in [3.63, 3.8) is 0 Å². The van der Waals surface area contributed by atoms with Crippen molar-refractivity contribution in [2.24, 2.45) is 0 Å². The van der Waals surface area contributed by atoms with Gasteiger partial charge in [-0.25, -0.2) is 4.79 Å². The average molecular weight is 292 g/mol. The summed E-state index contributed by atoms with van der Waals surface area (Å²) < 4.78 is 16.0. The van der Waals surface area contributed by atoms with Crippen molar-refractivity contribution in [1.29, 1.82) is 0 Å². The van der Waals surface area contributed by atoms with Crippen LogP contribution in [0.15, 0.2) is 0 Å². The number of aliphatic carboxylic acids is 1. The van der Waals surface area contributed by atoms with Crippen molar-refractivity contribution in [3.05, 3.63) is 0 Å². The normalized spacial score (nSPS) is 52.9. The number of aliphatic hydroxyl groups is 2. The molecule has 0 aliphatic carbocycles. The Balaban J connectivity index is 3.67. The second kappa shape index (κ2) is 4.38. The number of hydrogen-bond acceptors (Lipinski definition) is 6. The van der Waals surface area contributed by atoms with E-state index >= 15 is 0 Å². The molecule has 0 aromatic carbocycles. The van der Waals surface area contributed by atoms with Crippen LogP contribution in [-0.2, 0) is 19.0 Å². The Bertz CT molecular complexity index is 419. The van der Waals surface area contributed by atoms with Gasteiger partial charge in [-0.05, 0) is 34.6 Å². The van der Waals surface area contributed by atoms with Gasteiger partial charge in [0.2, 0.25) is 0 Å². The van der Waals surface area contributed by atoms with E-state index in [9.17, 15) is 20.1 Å². The van der Waals surface area contributed by atoms with E-state index in [1.165, 1.54) is 48.8 Å². The Morgan fingerprint density at radius 2 is 1.40 bits per heavy atom. The summed E-state index contributed by atoms with van der Waals surface area (Å²) in [5.41, 5.74) is -7.54. The standard InChI is InChI=1S/C13H24O7/c1-9(8(14)15)12(4,18-6)10(2,16)11(3,17)13(5,19-7)20-9/h16-17H,1-7H3,(H,14,15)/t9?,10-,11?,12+,13+/m0/s1. The fourth-order valence-electron chi connectivity index (χ4n) is 2.84. The van der Waals surface area contributed by atoms with E-state index in [0.29, 0.717) is 0 Å². The van der Waals surface area contributed by atoms with Crippen LogP contribution in [0.25, 0.3) is 0 Å². The predicted octanol–water partition coefficient (Wildman–Crippen LogP) is 0.130. The molecule has 1 fully saturated rings. The molecule has 1 rings (SSSR count). The van der Waals surface area contributed by atoms with E-state index in [0.717, 1.165) is 0 Å². The molecule has 7 nitrogen and oxygen atoms in total. The van der Waals surface area contributed by atoms with Crippen molar-refractivity contribution in [3.8, 4) is 0 Å². The highest BCUT2D eigenvalue weighted by Gasteiger charge is 2.77. The molecule has 1 saturated heterocycles. The molecule has 7 heteroatoms. The number of ether oxygens (including phenoxy) is 3. The first-order chi connectivity index (χ1) is 8.77. The monoisotopic (exact) mass is 292 g/mol. The van der Waals surface area contributed by atoms with Crippen molar-refractivity contribution < 1.29 is 34.3 Å². The summed E-state index contributed by atoms with van der Waals surface area (Å²) in [6.07, 6.45) is 0. The molecule has 1 aliphatic heterocycles. The second-order valence-electron chi connectivity index (χ2n) is 5.97. The molecule has 0 aromatic heterocycles. The van der Waals surface area contributed by atoms with Crippen LogP contribution in [0.3, 0.4) is 0 Å². The zero-order valence-corrected chi connectivity index (χ0v) is 13.0. The van der Waals surface area contributed by atoms with Crippen LogP contribution in [0, 0.1) is 0 Å². The highest BCUT2D eigenvalue weighted by Crippen LogP contribution is 2.55. The maximum absolute atomic E-state index is 11.7. The number of carbonyl (C=O) groups is 1. The third-order valence-corrected chi connectivity index (χ3v) is 5.28. The van der Waals surface area contributed by atoms with Gasteiger partial charge in [-0.15, -0.1) is 0 Å². The van der Waals surface area contributed by atoms with Crippen LogP contribution in [0.2, 0.25) is 0 Å². The van der Waals surface area contributed by atoms with Crippen molar-refractivity contribution in [1.82, 2.24) is 0 Å². The van der Waals surface area contributed by atoms with Crippen LogP contribution < -0.4 is 0 Å². The van der Waals surface area contributed by atoms with Gasteiger partial charge in [0.1, 0.15) is 16.8 Å². The van der Waals surface area contributed by atoms with Gasteiger partial charge in [-0.3, -0.25) is 0 Å². The average Bonchev–Trinajstić information content (AvgIpc) is 2.34. The smallest absolute Gasteiger partial charge is 0.338 e. The van der Waals surface area contributed by atoms with Crippen LogP contribution in [-0.4, -0.2) is 63.7 Å². The highest BCUT2D eigenvalue weighted by molar-refractivity contribution is 5.80. The molecular weight excluding hydrogens is 268 g/mol. The van der Waals surface area contributed by atoms with Crippen molar-refractivity contribution >= 4 is 5.97 Å². The predicted molar refractivity (Wildman–Crippen MR) is 69.2 cm³/mol. The van der Waals surface area contributed by atoms with E-state index in [4.69, 9.17) is 14.2 Å². The van der Waals surface area contributed by atoms with Gasteiger partial charge >= 0.3 is 5.97 Å². The van der Waals surface area contributed by atoms with Crippen molar-refractivity contribution in [2.75, 3.05) is 14.2 Å². The molecule has 20 heavy (non-hydrogen) atoms. The van der Waals surface area contributed by atoms with Crippen molar-refractivity contribution in [2.45, 2.75) is 62.8 Å². The van der Waals surface area contributed by atoms with Gasteiger partial charge in [-0.1, -0.05) is 0 Å². The van der Waals surface area contributed by atoms with E-state index in [1.54, 1.807) is 0 Å². The first-order valence-corrected chi connectivity index (χ1v) is 6.26. The maximum atomic E-state index is 11.7. The fourth-order valence-corrected chi connectivity index (χ4v) is 2.84. The number of carboxylic acid groups (broad SMARTS) is 1. The molecule has 118 valence electrons. The Morgan fingerprint density at radius 1 is 0.950 bits per heavy atom. The number of methoxy groups -OCH3 is 2. The fraction of sp³-hybridized carbons (Fsp3) is 0.923. The third-order valence-electron chi connectivity index (χ3n) is 5.28. The molecule has 1 aliphatic rings. The Kier molecular flexibility index (Phi) is 3.79. The maximum Gasteiger partial charge on any atom is 0.338 e. The minimum atomic E-state index is -1.97. The Morgan fingerprint density at radius 3 is 1.70 bits per heavy atom. The molecule has 0 saturated carbocycles. The third kappa shape index (κ3) is 1.61. The zero-order valence-electron chi connectivity index (χ0n) is 13.0. The summed E-state index contributed by atoms with van der Waals surface area (Å²) in [6.45, 7) is 6.65. The van der Waals surface area contributed by atoms with Crippen LogP contribution in [0.5, 0.6) is 0 Å². The van der Waals surface area contributed by atoms with Gasteiger partial charge in [0.25, 0.3) is 0 Å². The van der Waals surface area contributed by atoms with Gasteiger partial charge in [0, 0.05) is 14.2 Å². The van der Waals surface area contributed by atoms with Gasteiger partial charge in [0.15, 0.2) is 11.4 Å². The summed E-state index contributed by atoms with van der Waals surface area (Å²) in [5.74, 6) is -3.07. The molecule has 2 unspecified atom stereocenters. The second-order valence-corrected chi connectivity index (χ2v) is 5.97. The molecule has 0 bridgehead atoms. The molecule has 3 N–H and O–H groups in total. The first kappa shape index (κ1) is 17.3. The number of carboxylic acids is 1. The zero-order chi connectivity index (χ0) is 16.2. The van der Waals surface area contributed by atoms with E-state index in [2.05, 4.69) is 0 Å². The first-order valence-electron chi connectivity index (χ1n) is 6.26. The van der Waals surface area contributed by atoms with E-state index in [-0.39, 0.29) is 0 Å². The summed E-state index contributed by atoms with van der Waals surface area (Å²) >= 11 is 0. The summed E-state index contributed by atoms with van der Waals surface area (Å²) in [4.78, 5) is 11.7. The Labute approximate surface area is 118 Å². The quantitative estimate of drug-likeness (QED) is 0.679. The molecule has 0 radical (unpaired) electrons. The molecule has 0 amide bonds. The lowest BCUT2D eigenvalue weighted by Gasteiger charge is -2.64. The lowest BCUT2D eigenvalue weighted by atomic mass is 9.60. The summed E-state index contributed by atoms with van der Waals surface area (Å²) in [5, 5.41) is 31.1. The molecular formula is C13H24O7. The van der Waals surface area contributed by atoms with Gasteiger partial charge in [-0.2, -0.15) is 0 Å². The number of rotatable bonds is 3. The minimum absolute atomic E-state index is 1.25. The van der Waals surface area contributed by atoms with E-state index in [1.807, 2.05) is 0 Å². The SMILES string of the molecule is CO[C@]1(C)OC(C)(C(=O)O)[C@@](C)(OC)[C@@](C)(O)C1(C)O.